The van der Waals surface area contributed by atoms with Gasteiger partial charge in [-0.15, -0.1) is 0 Å². The van der Waals surface area contributed by atoms with E-state index >= 15 is 0 Å². The van der Waals surface area contributed by atoms with Gasteiger partial charge in [0.2, 0.25) is 5.95 Å². The normalized spacial score (nSPS) is 13.2. The molecule has 0 amide bonds. The molecule has 10 aromatic rings. The maximum Gasteiger partial charge on any atom is 0.235 e. The summed E-state index contributed by atoms with van der Waals surface area (Å²) in [5, 5.41) is 4.55. The molecule has 1 aliphatic carbocycles. The molecule has 0 atom stereocenters. The second-order valence-electron chi connectivity index (χ2n) is 14.7. The minimum atomic E-state index is -0.0410. The molecular weight excluding hydrogens is 645 g/mol. The summed E-state index contributed by atoms with van der Waals surface area (Å²) in [6.07, 6.45) is 2.16. The van der Waals surface area contributed by atoms with Crippen LogP contribution in [0.1, 0.15) is 25.0 Å². The average Bonchev–Trinajstić information content (AvgIpc) is 3.86. The van der Waals surface area contributed by atoms with Gasteiger partial charge in [0.05, 0.1) is 27.8 Å². The molecule has 0 aliphatic heterocycles. The summed E-state index contributed by atoms with van der Waals surface area (Å²) in [7, 11) is 0. The number of nitrogens with zero attached hydrogens (tertiary/aromatic N) is 4. The van der Waals surface area contributed by atoms with Gasteiger partial charge in [0.1, 0.15) is 0 Å². The summed E-state index contributed by atoms with van der Waals surface area (Å²) >= 11 is 0. The Labute approximate surface area is 307 Å². The minimum Gasteiger partial charge on any atom is -0.316 e. The van der Waals surface area contributed by atoms with E-state index in [-0.39, 0.29) is 5.41 Å². The predicted molar refractivity (Wildman–Crippen MR) is 219 cm³/mol. The summed E-state index contributed by atoms with van der Waals surface area (Å²) in [5.41, 5.74) is 15.2. The molecule has 0 bridgehead atoms. The highest BCUT2D eigenvalue weighted by molar-refractivity contribution is 6.18. The standard InChI is InChI=1S/C49H34N4/c1-49(2)41-17-9-6-14-35(41)36-25-24-33(30-42(36)49)31-20-22-32(23-21-31)46-39-16-7-10-18-43(39)50-48(51-46)53-45-19-11-8-15-37(45)38-26-27-44-40(47(38)53)28-29-52(44)34-12-4-3-5-13-34/h3-30H,1-2H3. The fourth-order valence-electron chi connectivity index (χ4n) is 8.79. The van der Waals surface area contributed by atoms with Gasteiger partial charge in [-0.1, -0.05) is 135 Å². The molecule has 3 heterocycles. The number of hydrogen-bond donors (Lipinski definition) is 0. The lowest BCUT2D eigenvalue weighted by Gasteiger charge is -2.22. The van der Waals surface area contributed by atoms with E-state index in [4.69, 9.17) is 9.97 Å². The van der Waals surface area contributed by atoms with Crippen molar-refractivity contribution in [1.29, 1.82) is 0 Å². The third-order valence-electron chi connectivity index (χ3n) is 11.4. The molecule has 4 heteroatoms. The first-order valence-corrected chi connectivity index (χ1v) is 18.3. The Morgan fingerprint density at radius 2 is 1.17 bits per heavy atom. The zero-order valence-electron chi connectivity index (χ0n) is 29.5. The van der Waals surface area contributed by atoms with Gasteiger partial charge in [-0.2, -0.15) is 0 Å². The van der Waals surface area contributed by atoms with Crippen LogP contribution in [0.15, 0.2) is 170 Å². The highest BCUT2D eigenvalue weighted by atomic mass is 15.2. The van der Waals surface area contributed by atoms with E-state index in [1.165, 1.54) is 44.2 Å². The molecule has 0 saturated heterocycles. The van der Waals surface area contributed by atoms with Crippen molar-refractivity contribution in [3.63, 3.8) is 0 Å². The smallest absolute Gasteiger partial charge is 0.235 e. The first-order valence-electron chi connectivity index (χ1n) is 18.3. The Kier molecular flexibility index (Phi) is 6.27. The van der Waals surface area contributed by atoms with E-state index < -0.39 is 0 Å². The molecule has 0 spiro atoms. The van der Waals surface area contributed by atoms with E-state index in [2.05, 4.69) is 193 Å². The van der Waals surface area contributed by atoms with Gasteiger partial charge >= 0.3 is 0 Å². The molecule has 1 aliphatic rings. The third-order valence-corrected chi connectivity index (χ3v) is 11.4. The Bertz CT molecular complexity index is 3070. The van der Waals surface area contributed by atoms with Crippen molar-refractivity contribution in [3.05, 3.63) is 181 Å². The topological polar surface area (TPSA) is 35.6 Å². The molecule has 4 nitrogen and oxygen atoms in total. The second-order valence-corrected chi connectivity index (χ2v) is 14.7. The van der Waals surface area contributed by atoms with Crippen LogP contribution < -0.4 is 0 Å². The molecular formula is C49H34N4. The SMILES string of the molecule is CC1(C)c2ccccc2-c2ccc(-c3ccc(-c4nc(-n5c6ccccc6c6ccc7c(ccn7-c7ccccc7)c65)nc5ccccc45)cc3)cc21. The quantitative estimate of drug-likeness (QED) is 0.186. The molecule has 0 unspecified atom stereocenters. The molecule has 0 N–H and O–H groups in total. The van der Waals surface area contributed by atoms with Crippen molar-refractivity contribution in [1.82, 2.24) is 19.1 Å². The van der Waals surface area contributed by atoms with Crippen LogP contribution in [0.25, 0.3) is 88.8 Å². The lowest BCUT2D eigenvalue weighted by atomic mass is 9.81. The van der Waals surface area contributed by atoms with Crippen molar-refractivity contribution in [3.8, 4) is 45.1 Å². The summed E-state index contributed by atoms with van der Waals surface area (Å²) < 4.78 is 4.52. The first kappa shape index (κ1) is 29.9. The fourth-order valence-corrected chi connectivity index (χ4v) is 8.79. The molecule has 250 valence electrons. The monoisotopic (exact) mass is 678 g/mol. The molecule has 3 aromatic heterocycles. The Hall–Kier alpha value is -6.78. The largest absolute Gasteiger partial charge is 0.316 e. The van der Waals surface area contributed by atoms with Gasteiger partial charge in [-0.25, -0.2) is 9.97 Å². The van der Waals surface area contributed by atoms with Crippen molar-refractivity contribution in [2.45, 2.75) is 19.3 Å². The van der Waals surface area contributed by atoms with Crippen LogP contribution >= 0.6 is 0 Å². The van der Waals surface area contributed by atoms with Crippen molar-refractivity contribution in [2.24, 2.45) is 0 Å². The maximum atomic E-state index is 5.42. The van der Waals surface area contributed by atoms with Gasteiger partial charge in [-0.05, 0) is 75.8 Å². The van der Waals surface area contributed by atoms with E-state index in [1.54, 1.807) is 0 Å². The Morgan fingerprint density at radius 3 is 2.04 bits per heavy atom. The minimum absolute atomic E-state index is 0.0410. The van der Waals surface area contributed by atoms with Gasteiger partial charge in [0.15, 0.2) is 0 Å². The van der Waals surface area contributed by atoms with E-state index in [0.29, 0.717) is 5.95 Å². The fraction of sp³-hybridized carbons (Fsp3) is 0.0612. The van der Waals surface area contributed by atoms with Crippen LogP contribution in [0.2, 0.25) is 0 Å². The number of aromatic nitrogens is 4. The molecule has 0 saturated carbocycles. The van der Waals surface area contributed by atoms with Crippen molar-refractivity contribution < 1.29 is 0 Å². The van der Waals surface area contributed by atoms with Crippen LogP contribution in [0, 0.1) is 0 Å². The molecule has 7 aromatic carbocycles. The maximum absolute atomic E-state index is 5.42. The second kappa shape index (κ2) is 11.1. The lowest BCUT2D eigenvalue weighted by molar-refractivity contribution is 0.660. The number of benzene rings is 7. The molecule has 0 fully saturated rings. The van der Waals surface area contributed by atoms with E-state index in [1.807, 2.05) is 0 Å². The summed E-state index contributed by atoms with van der Waals surface area (Å²) in [4.78, 5) is 10.7. The number of para-hydroxylation sites is 3. The van der Waals surface area contributed by atoms with Gasteiger partial charge in [0.25, 0.3) is 0 Å². The number of hydrogen-bond acceptors (Lipinski definition) is 2. The molecule has 53 heavy (non-hydrogen) atoms. The van der Waals surface area contributed by atoms with Gasteiger partial charge < -0.3 is 4.57 Å². The third kappa shape index (κ3) is 4.36. The van der Waals surface area contributed by atoms with E-state index in [0.717, 1.165) is 49.8 Å². The van der Waals surface area contributed by atoms with Crippen LogP contribution in [0.3, 0.4) is 0 Å². The van der Waals surface area contributed by atoms with Crippen LogP contribution in [-0.4, -0.2) is 19.1 Å². The van der Waals surface area contributed by atoms with Crippen LogP contribution in [-0.2, 0) is 5.41 Å². The lowest BCUT2D eigenvalue weighted by Crippen LogP contribution is -2.14. The first-order chi connectivity index (χ1) is 26.0. The van der Waals surface area contributed by atoms with Crippen molar-refractivity contribution >= 4 is 43.6 Å². The van der Waals surface area contributed by atoms with Crippen molar-refractivity contribution in [2.75, 3.05) is 0 Å². The highest BCUT2D eigenvalue weighted by Gasteiger charge is 2.35. The molecule has 0 radical (unpaired) electrons. The molecule has 11 rings (SSSR count). The van der Waals surface area contributed by atoms with Crippen LogP contribution in [0.5, 0.6) is 0 Å². The summed E-state index contributed by atoms with van der Waals surface area (Å²) in [5.74, 6) is 0.661. The predicted octanol–water partition coefficient (Wildman–Crippen LogP) is 12.3. The van der Waals surface area contributed by atoms with Crippen LogP contribution in [0.4, 0.5) is 0 Å². The zero-order valence-corrected chi connectivity index (χ0v) is 29.5. The summed E-state index contributed by atoms with van der Waals surface area (Å²) in [6, 6.07) is 58.8. The highest BCUT2D eigenvalue weighted by Crippen LogP contribution is 2.49. The zero-order chi connectivity index (χ0) is 35.3. The van der Waals surface area contributed by atoms with Gasteiger partial charge in [0, 0.05) is 44.4 Å². The Morgan fingerprint density at radius 1 is 0.472 bits per heavy atom. The van der Waals surface area contributed by atoms with Gasteiger partial charge in [-0.3, -0.25) is 4.57 Å². The Balaban J connectivity index is 1.08. The number of rotatable bonds is 4. The average molecular weight is 679 g/mol. The number of fused-ring (bicyclic) bond motifs is 9. The summed E-state index contributed by atoms with van der Waals surface area (Å²) in [6.45, 7) is 4.67. The van der Waals surface area contributed by atoms with E-state index in [9.17, 15) is 0 Å².